The third kappa shape index (κ3) is 5.29. The molecule has 3 unspecified atom stereocenters. The second kappa shape index (κ2) is 13.4. The normalized spacial score (nSPS) is 17.6. The standard InChI is InChI=1S/C52H42N4/c1-2-46-51(37-18-5-3-6-19-37)53-52(39-29-28-36-17-9-10-20-38(36)31-39)54(46)34-35-16-15-23-41(30-35)56-48-27-14-12-25-43(48)45-32-44-42-24-11-13-26-47(42)55(49(44)33-50(45)56)40-21-7-4-8-22-40/h3-33,46,51-53H,2,34H2,1H3. The highest BCUT2D eigenvalue weighted by Gasteiger charge is 2.41. The van der Waals surface area contributed by atoms with Crippen LogP contribution in [0.25, 0.3) is 65.8 Å². The number of nitrogens with one attached hydrogen (secondary N) is 1. The van der Waals surface area contributed by atoms with Gasteiger partial charge in [-0.05, 0) is 88.5 Å². The molecule has 3 heterocycles. The summed E-state index contributed by atoms with van der Waals surface area (Å²) in [5.74, 6) is 0. The van der Waals surface area contributed by atoms with Gasteiger partial charge in [0.2, 0.25) is 0 Å². The molecule has 56 heavy (non-hydrogen) atoms. The predicted molar refractivity (Wildman–Crippen MR) is 234 cm³/mol. The average Bonchev–Trinajstić information content (AvgIpc) is 3.90. The van der Waals surface area contributed by atoms with Crippen molar-refractivity contribution in [1.82, 2.24) is 19.4 Å². The van der Waals surface area contributed by atoms with Gasteiger partial charge in [-0.2, -0.15) is 0 Å². The molecule has 4 heteroatoms. The Kier molecular flexibility index (Phi) is 7.87. The molecule has 1 N–H and O–H groups in total. The molecule has 10 aromatic rings. The summed E-state index contributed by atoms with van der Waals surface area (Å²) in [4.78, 5) is 2.70. The van der Waals surface area contributed by atoms with E-state index in [4.69, 9.17) is 0 Å². The number of benzene rings is 8. The van der Waals surface area contributed by atoms with Crippen LogP contribution in [0, 0.1) is 0 Å². The van der Waals surface area contributed by atoms with Gasteiger partial charge in [-0.3, -0.25) is 10.2 Å². The lowest BCUT2D eigenvalue weighted by Gasteiger charge is -2.30. The van der Waals surface area contributed by atoms with Gasteiger partial charge in [0.25, 0.3) is 0 Å². The van der Waals surface area contributed by atoms with Crippen molar-refractivity contribution in [3.8, 4) is 11.4 Å². The maximum absolute atomic E-state index is 4.12. The van der Waals surface area contributed by atoms with Crippen molar-refractivity contribution in [2.24, 2.45) is 0 Å². The number of fused-ring (bicyclic) bond motifs is 7. The Hall–Kier alpha value is -6.46. The molecule has 0 bridgehead atoms. The number of nitrogens with zero attached hydrogens (tertiary/aromatic N) is 3. The molecule has 1 saturated heterocycles. The van der Waals surface area contributed by atoms with Crippen LogP contribution in [0.3, 0.4) is 0 Å². The third-order valence-electron chi connectivity index (χ3n) is 12.2. The largest absolute Gasteiger partial charge is 0.309 e. The van der Waals surface area contributed by atoms with Gasteiger partial charge in [0.15, 0.2) is 0 Å². The van der Waals surface area contributed by atoms with Gasteiger partial charge in [0.05, 0.1) is 28.2 Å². The summed E-state index contributed by atoms with van der Waals surface area (Å²) in [5, 5.41) is 11.7. The molecule has 270 valence electrons. The monoisotopic (exact) mass is 722 g/mol. The van der Waals surface area contributed by atoms with Crippen molar-refractivity contribution in [1.29, 1.82) is 0 Å². The molecule has 8 aromatic carbocycles. The minimum Gasteiger partial charge on any atom is -0.309 e. The Morgan fingerprint density at radius 3 is 1.77 bits per heavy atom. The highest BCUT2D eigenvalue weighted by atomic mass is 15.4. The van der Waals surface area contributed by atoms with Crippen molar-refractivity contribution in [3.63, 3.8) is 0 Å². The van der Waals surface area contributed by atoms with Gasteiger partial charge in [0.1, 0.15) is 0 Å². The van der Waals surface area contributed by atoms with Gasteiger partial charge in [-0.1, -0.05) is 140 Å². The van der Waals surface area contributed by atoms with Crippen LogP contribution in [0.2, 0.25) is 0 Å². The van der Waals surface area contributed by atoms with Crippen LogP contribution in [-0.4, -0.2) is 20.1 Å². The first-order valence-corrected chi connectivity index (χ1v) is 19.9. The topological polar surface area (TPSA) is 25.1 Å². The van der Waals surface area contributed by atoms with Crippen molar-refractivity contribution in [3.05, 3.63) is 205 Å². The van der Waals surface area contributed by atoms with E-state index < -0.39 is 0 Å². The average molecular weight is 723 g/mol. The first kappa shape index (κ1) is 32.9. The van der Waals surface area contributed by atoms with E-state index in [0.29, 0.717) is 6.04 Å². The Balaban J connectivity index is 1.06. The summed E-state index contributed by atoms with van der Waals surface area (Å²) in [6, 6.07) is 69.7. The molecule has 3 atom stereocenters. The number of rotatable bonds is 7. The summed E-state index contributed by atoms with van der Waals surface area (Å²) in [5.41, 5.74) is 11.1. The van der Waals surface area contributed by atoms with Gasteiger partial charge >= 0.3 is 0 Å². The molecule has 0 spiro atoms. The third-order valence-corrected chi connectivity index (χ3v) is 12.2. The molecule has 0 aliphatic carbocycles. The van der Waals surface area contributed by atoms with Crippen molar-refractivity contribution in [2.45, 2.75) is 38.1 Å². The lowest BCUT2D eigenvalue weighted by atomic mass is 9.98. The summed E-state index contributed by atoms with van der Waals surface area (Å²) in [6.45, 7) is 3.16. The van der Waals surface area contributed by atoms with Crippen molar-refractivity contribution in [2.75, 3.05) is 0 Å². The molecule has 0 saturated carbocycles. The molecule has 4 nitrogen and oxygen atoms in total. The molecule has 1 aliphatic heterocycles. The van der Waals surface area contributed by atoms with Crippen LogP contribution in [0.15, 0.2) is 188 Å². The zero-order chi connectivity index (χ0) is 37.2. The molecule has 0 radical (unpaired) electrons. The summed E-state index contributed by atoms with van der Waals surface area (Å²) < 4.78 is 4.90. The molecule has 0 amide bonds. The summed E-state index contributed by atoms with van der Waals surface area (Å²) in [7, 11) is 0. The second-order valence-electron chi connectivity index (χ2n) is 15.3. The molecule has 2 aromatic heterocycles. The highest BCUT2D eigenvalue weighted by molar-refractivity contribution is 6.19. The van der Waals surface area contributed by atoms with Gasteiger partial charge < -0.3 is 9.13 Å². The van der Waals surface area contributed by atoms with Gasteiger partial charge in [-0.15, -0.1) is 0 Å². The second-order valence-corrected chi connectivity index (χ2v) is 15.3. The smallest absolute Gasteiger partial charge is 0.0872 e. The van der Waals surface area contributed by atoms with Crippen LogP contribution in [0.4, 0.5) is 0 Å². The Labute approximate surface area is 326 Å². The van der Waals surface area contributed by atoms with Crippen molar-refractivity contribution >= 4 is 54.4 Å². The first-order chi connectivity index (χ1) is 27.7. The number of hydrogen-bond acceptors (Lipinski definition) is 2. The van der Waals surface area contributed by atoms with Crippen LogP contribution in [-0.2, 0) is 6.54 Å². The van der Waals surface area contributed by atoms with E-state index in [1.54, 1.807) is 0 Å². The van der Waals surface area contributed by atoms with E-state index in [-0.39, 0.29) is 12.2 Å². The maximum Gasteiger partial charge on any atom is 0.0872 e. The Bertz CT molecular complexity index is 3050. The molecular formula is C52H42N4. The summed E-state index contributed by atoms with van der Waals surface area (Å²) in [6.07, 6.45) is 1.11. The van der Waals surface area contributed by atoms with Crippen LogP contribution in [0.1, 0.15) is 42.2 Å². The van der Waals surface area contributed by atoms with Crippen LogP contribution in [0.5, 0.6) is 0 Å². The minimum atomic E-state index is 0.0693. The van der Waals surface area contributed by atoms with E-state index in [9.17, 15) is 0 Å². The number of hydrogen-bond donors (Lipinski definition) is 1. The van der Waals surface area contributed by atoms with E-state index in [0.717, 1.165) is 13.0 Å². The number of para-hydroxylation sites is 3. The molecule has 1 aliphatic rings. The lowest BCUT2D eigenvalue weighted by molar-refractivity contribution is 0.171. The van der Waals surface area contributed by atoms with Gasteiger partial charge in [0, 0.05) is 51.5 Å². The van der Waals surface area contributed by atoms with Gasteiger partial charge in [-0.25, -0.2) is 0 Å². The predicted octanol–water partition coefficient (Wildman–Crippen LogP) is 12.7. The Morgan fingerprint density at radius 1 is 0.446 bits per heavy atom. The van der Waals surface area contributed by atoms with Crippen LogP contribution < -0.4 is 5.32 Å². The first-order valence-electron chi connectivity index (χ1n) is 19.9. The van der Waals surface area contributed by atoms with E-state index in [1.165, 1.54) is 82.4 Å². The zero-order valence-electron chi connectivity index (χ0n) is 31.4. The van der Waals surface area contributed by atoms with Crippen LogP contribution >= 0.6 is 0 Å². The fourth-order valence-electron chi connectivity index (χ4n) is 9.65. The molecule has 1 fully saturated rings. The number of aromatic nitrogens is 2. The maximum atomic E-state index is 4.12. The summed E-state index contributed by atoms with van der Waals surface area (Å²) >= 11 is 0. The minimum absolute atomic E-state index is 0.0693. The van der Waals surface area contributed by atoms with E-state index in [1.807, 2.05) is 0 Å². The fraction of sp³-hybridized carbons (Fsp3) is 0.115. The highest BCUT2D eigenvalue weighted by Crippen LogP contribution is 2.42. The molecular weight excluding hydrogens is 681 g/mol. The quantitative estimate of drug-likeness (QED) is 0.177. The SMILES string of the molecule is CCC1C(c2ccccc2)NC(c2ccc3ccccc3c2)N1Cc1cccc(-n2c3ccccc3c3cc4c5ccccc5n(-c5ccccc5)c4cc32)c1. The lowest BCUT2D eigenvalue weighted by Crippen LogP contribution is -2.33. The van der Waals surface area contributed by atoms with E-state index in [2.05, 4.69) is 214 Å². The van der Waals surface area contributed by atoms with E-state index >= 15 is 0 Å². The Morgan fingerprint density at radius 2 is 1.05 bits per heavy atom. The molecule has 11 rings (SSSR count). The fourth-order valence-corrected chi connectivity index (χ4v) is 9.65. The van der Waals surface area contributed by atoms with Crippen molar-refractivity contribution < 1.29 is 0 Å². The zero-order valence-corrected chi connectivity index (χ0v) is 31.4.